The van der Waals surface area contributed by atoms with Crippen LogP contribution in [0, 0.1) is 4.77 Å². The van der Waals surface area contributed by atoms with Gasteiger partial charge in [0.25, 0.3) is 5.56 Å². The summed E-state index contributed by atoms with van der Waals surface area (Å²) in [5.74, 6) is 0. The Morgan fingerprint density at radius 2 is 1.92 bits per heavy atom. The molecule has 0 fully saturated rings. The molecule has 4 nitrogen and oxygen atoms in total. The first kappa shape index (κ1) is 17.1. The highest BCUT2D eigenvalue weighted by Gasteiger charge is 2.07. The molecule has 4 N–H and O–H groups in total. The third kappa shape index (κ3) is 3.46. The van der Waals surface area contributed by atoms with Crippen LogP contribution in [0.25, 0.3) is 10.9 Å². The van der Waals surface area contributed by atoms with Crippen LogP contribution in [0.2, 0.25) is 5.02 Å². The van der Waals surface area contributed by atoms with Gasteiger partial charge in [0.1, 0.15) is 4.77 Å². The molecule has 0 aliphatic carbocycles. The second-order valence-electron chi connectivity index (χ2n) is 6.17. The van der Waals surface area contributed by atoms with Crippen molar-refractivity contribution >= 4 is 33.0 Å². The molecule has 2 heterocycles. The summed E-state index contributed by atoms with van der Waals surface area (Å²) in [4.78, 5) is 18.6. The van der Waals surface area contributed by atoms with Gasteiger partial charge in [-0.05, 0) is 52.1 Å². The van der Waals surface area contributed by atoms with E-state index in [4.69, 9.17) is 17.3 Å². The molecule has 132 valence electrons. The average Bonchev–Trinajstić information content (AvgIpc) is 3.11. The molecule has 6 heteroatoms. The lowest BCUT2D eigenvalue weighted by Crippen LogP contribution is -2.08. The number of nitrogens with one attached hydrogen (secondary N) is 2. The van der Waals surface area contributed by atoms with Crippen molar-refractivity contribution in [2.24, 2.45) is 5.73 Å². The quantitative estimate of drug-likeness (QED) is 0.585. The van der Waals surface area contributed by atoms with Gasteiger partial charge in [-0.2, -0.15) is 0 Å². The highest BCUT2D eigenvalue weighted by atomic mass is 35.5. The van der Waals surface area contributed by atoms with Gasteiger partial charge in [-0.1, -0.05) is 52.4 Å². The molecule has 1 aliphatic rings. The van der Waals surface area contributed by atoms with E-state index in [-0.39, 0.29) is 16.0 Å². The summed E-state index contributed by atoms with van der Waals surface area (Å²) in [6.45, 7) is 0.546. The number of allylic oxidation sites excluding steroid dienone is 2. The molecular weight excluding hydrogens is 366 g/mol. The molecule has 1 aromatic heterocycles. The molecule has 0 amide bonds. The average molecular weight is 384 g/mol. The topological polar surface area (TPSA) is 74.7 Å². The number of aromatic nitrogens is 2. The lowest BCUT2D eigenvalue weighted by molar-refractivity contribution is 1.06. The van der Waals surface area contributed by atoms with Gasteiger partial charge >= 0.3 is 0 Å². The summed E-state index contributed by atoms with van der Waals surface area (Å²) in [5.41, 5.74) is 9.97. The molecule has 0 bridgehead atoms. The molecule has 0 spiro atoms. The predicted octanol–water partition coefficient (Wildman–Crippen LogP) is 4.42. The van der Waals surface area contributed by atoms with E-state index < -0.39 is 0 Å². The lowest BCUT2D eigenvalue weighted by Gasteiger charge is -2.03. The maximum atomic E-state index is 12.4. The smallest absolute Gasteiger partial charge is 0.259 e. The highest BCUT2D eigenvalue weighted by Crippen LogP contribution is 2.31. The third-order valence-corrected chi connectivity index (χ3v) is 6.18. The Hall–Kier alpha value is -2.34. The monoisotopic (exact) mass is 383 g/mol. The van der Waals surface area contributed by atoms with Gasteiger partial charge in [0.15, 0.2) is 0 Å². The summed E-state index contributed by atoms with van der Waals surface area (Å²) in [6, 6.07) is 13.6. The van der Waals surface area contributed by atoms with E-state index in [0.29, 0.717) is 17.0 Å². The number of H-pyrrole nitrogens is 2. The zero-order valence-electron chi connectivity index (χ0n) is 14.0. The predicted molar refractivity (Wildman–Crippen MR) is 110 cm³/mol. The molecule has 3 aromatic rings. The highest BCUT2D eigenvalue weighted by molar-refractivity contribution is 8.14. The first-order valence-electron chi connectivity index (χ1n) is 8.26. The number of rotatable bonds is 3. The van der Waals surface area contributed by atoms with Crippen molar-refractivity contribution in [3.8, 4) is 0 Å². The van der Waals surface area contributed by atoms with Crippen LogP contribution in [0.3, 0.4) is 0 Å². The normalized spacial score (nSPS) is 16.9. The Kier molecular flexibility index (Phi) is 4.68. The van der Waals surface area contributed by atoms with E-state index in [1.54, 1.807) is 12.1 Å². The van der Waals surface area contributed by atoms with Crippen LogP contribution in [-0.4, -0.2) is 9.97 Å². The van der Waals surface area contributed by atoms with Crippen LogP contribution in [0.15, 0.2) is 69.7 Å². The van der Waals surface area contributed by atoms with E-state index in [1.165, 1.54) is 11.1 Å². The third-order valence-electron chi connectivity index (χ3n) is 4.28. The van der Waals surface area contributed by atoms with E-state index in [1.807, 2.05) is 18.2 Å². The maximum Gasteiger partial charge on any atom is 0.259 e. The van der Waals surface area contributed by atoms with E-state index in [2.05, 4.69) is 39.0 Å². The number of nitrogens with two attached hydrogens (primary N) is 1. The minimum absolute atomic E-state index is 0.130. The number of fused-ring (bicyclic) bond motifs is 1. The fourth-order valence-electron chi connectivity index (χ4n) is 2.99. The molecule has 1 aliphatic heterocycles. The molecule has 0 radical (unpaired) electrons. The molecule has 0 saturated carbocycles. The Balaban J connectivity index is 1.72. The second kappa shape index (κ2) is 7.11. The molecule has 4 rings (SSSR count). The summed E-state index contributed by atoms with van der Waals surface area (Å²) < 4.78 is 0.798. The van der Waals surface area contributed by atoms with Crippen LogP contribution in [0.4, 0.5) is 0 Å². The second-order valence-corrected chi connectivity index (χ2v) is 8.26. The van der Waals surface area contributed by atoms with Crippen molar-refractivity contribution in [3.63, 3.8) is 0 Å². The Morgan fingerprint density at radius 1 is 1.08 bits per heavy atom. The SMILES string of the molecule is NCc1cccc(CC2=CS(=c3[nH]c(=O)c4cc(Cl)ccc4[nH]3)C=C2)c1. The van der Waals surface area contributed by atoms with E-state index in [9.17, 15) is 4.79 Å². The molecular formula is C20H18ClN3OS. The molecule has 1 unspecified atom stereocenters. The van der Waals surface area contributed by atoms with Crippen LogP contribution in [0.5, 0.6) is 0 Å². The lowest BCUT2D eigenvalue weighted by atomic mass is 10.0. The zero-order chi connectivity index (χ0) is 18.1. The van der Waals surface area contributed by atoms with Gasteiger partial charge < -0.3 is 15.7 Å². The summed E-state index contributed by atoms with van der Waals surface area (Å²) in [7, 11) is -0.285. The number of hydrogen-bond acceptors (Lipinski definition) is 2. The van der Waals surface area contributed by atoms with Crippen molar-refractivity contribution < 1.29 is 0 Å². The number of halogens is 1. The molecule has 26 heavy (non-hydrogen) atoms. The minimum atomic E-state index is -0.285. The van der Waals surface area contributed by atoms with E-state index >= 15 is 0 Å². The van der Waals surface area contributed by atoms with E-state index in [0.717, 1.165) is 22.3 Å². The van der Waals surface area contributed by atoms with Crippen molar-refractivity contribution in [1.82, 2.24) is 9.97 Å². The van der Waals surface area contributed by atoms with Gasteiger partial charge in [0.05, 0.1) is 10.9 Å². The van der Waals surface area contributed by atoms with Crippen molar-refractivity contribution in [2.45, 2.75) is 13.0 Å². The van der Waals surface area contributed by atoms with Crippen LogP contribution >= 0.6 is 22.1 Å². The molecule has 1 atom stereocenters. The van der Waals surface area contributed by atoms with Crippen LogP contribution in [-0.2, 0) is 13.0 Å². The fourth-order valence-corrected chi connectivity index (χ4v) is 4.74. The Labute approximate surface area is 158 Å². The van der Waals surface area contributed by atoms with Gasteiger partial charge in [-0.3, -0.25) is 4.79 Å². The maximum absolute atomic E-state index is 12.4. The van der Waals surface area contributed by atoms with Crippen LogP contribution < -0.4 is 11.3 Å². The Morgan fingerprint density at radius 3 is 2.77 bits per heavy atom. The number of hydrogen-bond donors (Lipinski definition) is 3. The summed E-state index contributed by atoms with van der Waals surface area (Å²) in [5, 5.41) is 5.43. The zero-order valence-corrected chi connectivity index (χ0v) is 15.5. The van der Waals surface area contributed by atoms with Crippen molar-refractivity contribution in [3.05, 3.63) is 96.2 Å². The summed E-state index contributed by atoms with van der Waals surface area (Å²) >= 11 is 5.98. The minimum Gasteiger partial charge on any atom is -0.336 e. The van der Waals surface area contributed by atoms with Gasteiger partial charge in [-0.15, -0.1) is 0 Å². The van der Waals surface area contributed by atoms with Gasteiger partial charge in [0.2, 0.25) is 0 Å². The van der Waals surface area contributed by atoms with Crippen molar-refractivity contribution in [1.29, 1.82) is 0 Å². The first-order chi connectivity index (χ1) is 12.6. The molecule has 2 aromatic carbocycles. The van der Waals surface area contributed by atoms with Crippen LogP contribution in [0.1, 0.15) is 11.1 Å². The number of benzene rings is 2. The standard InChI is InChI=1S/C20H18ClN3OS/c21-16-4-5-18-17(10-16)19(25)24-20(23-18)26-7-6-15(12-26)9-13-2-1-3-14(8-13)11-22/h1-8,10,12,23H,9,11,22H2,(H,24,25). The molecule has 0 saturated heterocycles. The van der Waals surface area contributed by atoms with Gasteiger partial charge in [-0.25, -0.2) is 0 Å². The first-order valence-corrected chi connectivity index (χ1v) is 9.99. The van der Waals surface area contributed by atoms with Crippen molar-refractivity contribution in [2.75, 3.05) is 0 Å². The Bertz CT molecular complexity index is 1190. The largest absolute Gasteiger partial charge is 0.336 e. The van der Waals surface area contributed by atoms with Gasteiger partial charge in [0, 0.05) is 11.6 Å². The fraction of sp³-hybridized carbons (Fsp3) is 0.100. The summed E-state index contributed by atoms with van der Waals surface area (Å²) in [6.07, 6.45) is 2.97. The number of aromatic amines is 2.